The maximum absolute atomic E-state index is 13.6. The van der Waals surface area contributed by atoms with Crippen LogP contribution in [-0.4, -0.2) is 61.4 Å². The van der Waals surface area contributed by atoms with Crippen LogP contribution in [0.3, 0.4) is 0 Å². The summed E-state index contributed by atoms with van der Waals surface area (Å²) in [4.78, 5) is 47.7. The molecule has 0 saturated carbocycles. The van der Waals surface area contributed by atoms with Crippen LogP contribution in [0.25, 0.3) is 11.2 Å². The van der Waals surface area contributed by atoms with Crippen molar-refractivity contribution in [2.75, 3.05) is 30.8 Å². The van der Waals surface area contributed by atoms with Crippen LogP contribution >= 0.6 is 11.8 Å². The first-order chi connectivity index (χ1) is 16.2. The van der Waals surface area contributed by atoms with Crippen LogP contribution in [0.4, 0.5) is 5.69 Å². The molecule has 1 aromatic carbocycles. The number of likely N-dealkylation sites (N-methyl/N-ethyl adjacent to an activating group) is 1. The van der Waals surface area contributed by atoms with Crippen LogP contribution in [0.1, 0.15) is 30.4 Å². The van der Waals surface area contributed by atoms with Crippen LogP contribution in [0.15, 0.2) is 32.9 Å². The first kappa shape index (κ1) is 22.9. The van der Waals surface area contributed by atoms with E-state index in [0.717, 1.165) is 29.8 Å². The normalized spacial score (nSPS) is 20.1. The molecule has 180 valence electrons. The summed E-state index contributed by atoms with van der Waals surface area (Å²) in [6, 6.07) is 6.53. The van der Waals surface area contributed by atoms with Gasteiger partial charge in [0, 0.05) is 44.8 Å². The van der Waals surface area contributed by atoms with Gasteiger partial charge in [0.05, 0.1) is 5.75 Å². The Kier molecular flexibility index (Phi) is 5.68. The maximum atomic E-state index is 13.6. The Hall–Kier alpha value is -2.85. The maximum Gasteiger partial charge on any atom is 0.332 e. The molecule has 2 aliphatic rings. The second-order valence-electron chi connectivity index (χ2n) is 9.36. The Labute approximate surface area is 202 Å². The molecule has 34 heavy (non-hydrogen) atoms. The zero-order chi connectivity index (χ0) is 24.3. The molecule has 2 aromatic heterocycles. The number of hydrogen-bond donors (Lipinski definition) is 0. The fourth-order valence-corrected chi connectivity index (χ4v) is 6.35. The number of carbonyl (C=O) groups is 1. The highest BCUT2D eigenvalue weighted by atomic mass is 32.2. The lowest BCUT2D eigenvalue weighted by Crippen LogP contribution is -2.47. The van der Waals surface area contributed by atoms with Crippen LogP contribution in [0.2, 0.25) is 0 Å². The Bertz CT molecular complexity index is 1420. The second kappa shape index (κ2) is 8.42. The molecule has 5 rings (SSSR count). The summed E-state index contributed by atoms with van der Waals surface area (Å²) in [5.41, 5.74) is 3.43. The third-order valence-corrected chi connectivity index (χ3v) is 8.14. The van der Waals surface area contributed by atoms with E-state index in [2.05, 4.69) is 42.1 Å². The van der Waals surface area contributed by atoms with Crippen molar-refractivity contribution in [3.05, 3.63) is 50.2 Å². The summed E-state index contributed by atoms with van der Waals surface area (Å²) < 4.78 is 4.28. The third-order valence-electron chi connectivity index (χ3n) is 7.18. The molecule has 1 amide bonds. The van der Waals surface area contributed by atoms with Gasteiger partial charge in [0.15, 0.2) is 16.3 Å². The Morgan fingerprint density at radius 3 is 2.68 bits per heavy atom. The molecule has 2 aliphatic heterocycles. The lowest BCUT2D eigenvalue weighted by atomic mass is 9.89. The van der Waals surface area contributed by atoms with Crippen LogP contribution in [-0.2, 0) is 25.4 Å². The molecular weight excluding hydrogens is 452 g/mol. The fourth-order valence-electron chi connectivity index (χ4n) is 5.43. The van der Waals surface area contributed by atoms with E-state index < -0.39 is 5.69 Å². The molecule has 0 bridgehead atoms. The predicted molar refractivity (Wildman–Crippen MR) is 134 cm³/mol. The zero-order valence-corrected chi connectivity index (χ0v) is 21.1. The fraction of sp³-hybridized carbons (Fsp3) is 0.500. The average molecular weight is 483 g/mol. The Balaban J connectivity index is 1.47. The van der Waals surface area contributed by atoms with Crippen LogP contribution in [0, 0.1) is 6.92 Å². The number of anilines is 1. The lowest BCUT2D eigenvalue weighted by molar-refractivity contribution is -0.116. The van der Waals surface area contributed by atoms with Gasteiger partial charge in [0.1, 0.15) is 0 Å². The van der Waals surface area contributed by atoms with Crippen molar-refractivity contribution >= 4 is 34.5 Å². The molecule has 9 nitrogen and oxygen atoms in total. The number of hydrogen-bond acceptors (Lipinski definition) is 6. The number of amides is 1. The monoisotopic (exact) mass is 482 g/mol. The molecule has 3 aromatic rings. The van der Waals surface area contributed by atoms with Gasteiger partial charge in [-0.05, 0) is 45.5 Å². The van der Waals surface area contributed by atoms with E-state index in [0.29, 0.717) is 28.8 Å². The van der Waals surface area contributed by atoms with E-state index in [4.69, 9.17) is 0 Å². The van der Waals surface area contributed by atoms with Crippen LogP contribution in [0.5, 0.6) is 0 Å². The standard InChI is InChI=1S/C24H30N6O3S/c1-6-29-20-21(27(4)24(33)28(5)22(20)32)25-23(29)34-13-19(31)30-17-8-7-14(2)11-15(17)16-12-26(3)10-9-18(16)30/h7-8,11,16,18H,6,9-10,12-13H2,1-5H3/t16-,18+/m1/s1. The molecule has 0 radical (unpaired) electrons. The number of fused-ring (bicyclic) bond motifs is 4. The zero-order valence-electron chi connectivity index (χ0n) is 20.2. The van der Waals surface area contributed by atoms with Gasteiger partial charge in [0.2, 0.25) is 5.91 Å². The quantitative estimate of drug-likeness (QED) is 0.526. The number of aryl methyl sites for hydroxylation is 3. The number of nitrogens with zero attached hydrogens (tertiary/aromatic N) is 6. The number of rotatable bonds is 4. The summed E-state index contributed by atoms with van der Waals surface area (Å²) >= 11 is 1.33. The minimum Gasteiger partial charge on any atom is -0.313 e. The van der Waals surface area contributed by atoms with Crippen molar-refractivity contribution in [2.24, 2.45) is 14.1 Å². The minimum atomic E-state index is -0.414. The molecule has 0 N–H and O–H groups in total. The number of piperidine rings is 1. The predicted octanol–water partition coefficient (Wildman–Crippen LogP) is 1.69. The van der Waals surface area contributed by atoms with Gasteiger partial charge in [-0.25, -0.2) is 9.78 Å². The molecule has 2 atom stereocenters. The molecular formula is C24H30N6O3S. The van der Waals surface area contributed by atoms with E-state index in [1.165, 1.54) is 34.5 Å². The van der Waals surface area contributed by atoms with Crippen molar-refractivity contribution < 1.29 is 4.79 Å². The van der Waals surface area contributed by atoms with E-state index in [9.17, 15) is 14.4 Å². The summed E-state index contributed by atoms with van der Waals surface area (Å²) in [5, 5.41) is 0.576. The third kappa shape index (κ3) is 3.42. The van der Waals surface area contributed by atoms with Gasteiger partial charge in [0.25, 0.3) is 5.56 Å². The molecule has 1 fully saturated rings. The number of carbonyl (C=O) groups excluding carboxylic acids is 1. The molecule has 0 aliphatic carbocycles. The van der Waals surface area contributed by atoms with Gasteiger partial charge in [-0.15, -0.1) is 0 Å². The Morgan fingerprint density at radius 1 is 1.18 bits per heavy atom. The van der Waals surface area contributed by atoms with Crippen molar-refractivity contribution in [2.45, 2.75) is 43.9 Å². The highest BCUT2D eigenvalue weighted by Gasteiger charge is 2.43. The summed E-state index contributed by atoms with van der Waals surface area (Å²) in [6.45, 7) is 6.45. The molecule has 0 spiro atoms. The molecule has 1 saturated heterocycles. The van der Waals surface area contributed by atoms with Crippen molar-refractivity contribution in [3.8, 4) is 0 Å². The van der Waals surface area contributed by atoms with E-state index in [1.807, 2.05) is 11.8 Å². The lowest BCUT2D eigenvalue weighted by Gasteiger charge is -2.36. The van der Waals surface area contributed by atoms with Crippen molar-refractivity contribution in [3.63, 3.8) is 0 Å². The number of benzene rings is 1. The van der Waals surface area contributed by atoms with E-state index >= 15 is 0 Å². The van der Waals surface area contributed by atoms with E-state index in [1.54, 1.807) is 11.6 Å². The van der Waals surface area contributed by atoms with Gasteiger partial charge in [-0.3, -0.25) is 18.7 Å². The van der Waals surface area contributed by atoms with Crippen molar-refractivity contribution in [1.29, 1.82) is 0 Å². The first-order valence-corrected chi connectivity index (χ1v) is 12.6. The highest BCUT2D eigenvalue weighted by molar-refractivity contribution is 7.99. The smallest absolute Gasteiger partial charge is 0.313 e. The molecule has 4 heterocycles. The largest absolute Gasteiger partial charge is 0.332 e. The van der Waals surface area contributed by atoms with Crippen LogP contribution < -0.4 is 16.1 Å². The van der Waals surface area contributed by atoms with Gasteiger partial charge in [-0.2, -0.15) is 0 Å². The summed E-state index contributed by atoms with van der Waals surface area (Å²) in [7, 11) is 5.22. The molecule has 10 heteroatoms. The van der Waals surface area contributed by atoms with Gasteiger partial charge >= 0.3 is 5.69 Å². The average Bonchev–Trinajstić information content (AvgIpc) is 3.35. The topological polar surface area (TPSA) is 85.4 Å². The van der Waals surface area contributed by atoms with Crippen molar-refractivity contribution in [1.82, 2.24) is 23.6 Å². The number of thioether (sulfide) groups is 1. The number of aromatic nitrogens is 4. The highest BCUT2D eigenvalue weighted by Crippen LogP contribution is 2.45. The number of likely N-dealkylation sites (tertiary alicyclic amines) is 1. The Morgan fingerprint density at radius 2 is 1.94 bits per heavy atom. The minimum absolute atomic E-state index is 0.0451. The first-order valence-electron chi connectivity index (χ1n) is 11.6. The molecule has 0 unspecified atom stereocenters. The van der Waals surface area contributed by atoms with E-state index in [-0.39, 0.29) is 23.3 Å². The summed E-state index contributed by atoms with van der Waals surface area (Å²) in [6.07, 6.45) is 0.941. The SMILES string of the molecule is CCn1c(SCC(=O)N2c3ccc(C)cc3[C@H]3CN(C)CC[C@@H]32)nc2c1c(=O)n(C)c(=O)n2C. The number of imidazole rings is 1. The second-order valence-corrected chi connectivity index (χ2v) is 10.3. The van der Waals surface area contributed by atoms with Gasteiger partial charge < -0.3 is 14.4 Å². The van der Waals surface area contributed by atoms with Gasteiger partial charge in [-0.1, -0.05) is 29.5 Å². The summed E-state index contributed by atoms with van der Waals surface area (Å²) in [5.74, 6) is 0.577.